The molecule has 0 saturated heterocycles. The van der Waals surface area contributed by atoms with Gasteiger partial charge in [-0.3, -0.25) is 0 Å². The Morgan fingerprint density at radius 3 is 2.61 bits per heavy atom. The van der Waals surface area contributed by atoms with Crippen molar-refractivity contribution in [3.63, 3.8) is 0 Å². The molecule has 0 saturated carbocycles. The molecule has 3 aromatic rings. The first-order valence-corrected chi connectivity index (χ1v) is 9.17. The van der Waals surface area contributed by atoms with Gasteiger partial charge < -0.3 is 14.9 Å². The highest BCUT2D eigenvalue weighted by molar-refractivity contribution is 6.34. The third-order valence-electron chi connectivity index (χ3n) is 4.70. The van der Waals surface area contributed by atoms with Crippen molar-refractivity contribution < 1.29 is 19.7 Å². The Morgan fingerprint density at radius 2 is 1.82 bits per heavy atom. The number of halogens is 1. The van der Waals surface area contributed by atoms with Crippen LogP contribution in [0.4, 0.5) is 0 Å². The standard InChI is InChI=1S/C23H17ClO4/c24-19-5-1-4-18(22(19)23(26)27)17-9-7-14(12-20(17)25)11-15-6-8-16-3-2-10-28-21(16)13-15/h1-9,12-13,25H,10-11H2,(H,26,27). The molecule has 1 aliphatic heterocycles. The number of carboxylic acids is 1. The van der Waals surface area contributed by atoms with Crippen molar-refractivity contribution in [3.8, 4) is 22.6 Å². The molecule has 0 fully saturated rings. The summed E-state index contributed by atoms with van der Waals surface area (Å²) in [6.07, 6.45) is 4.63. The van der Waals surface area contributed by atoms with E-state index in [1.165, 1.54) is 6.07 Å². The van der Waals surface area contributed by atoms with Gasteiger partial charge in [-0.2, -0.15) is 0 Å². The van der Waals surface area contributed by atoms with Crippen LogP contribution < -0.4 is 4.74 Å². The number of aromatic hydroxyl groups is 1. The molecule has 1 heterocycles. The lowest BCUT2D eigenvalue weighted by Gasteiger charge is -2.14. The third-order valence-corrected chi connectivity index (χ3v) is 5.01. The number of ether oxygens (including phenoxy) is 1. The van der Waals surface area contributed by atoms with Gasteiger partial charge in [-0.05, 0) is 41.8 Å². The molecule has 5 heteroatoms. The van der Waals surface area contributed by atoms with Crippen molar-refractivity contribution in [1.29, 1.82) is 0 Å². The van der Waals surface area contributed by atoms with E-state index in [9.17, 15) is 15.0 Å². The molecular weight excluding hydrogens is 376 g/mol. The number of carbonyl (C=O) groups is 1. The molecule has 0 amide bonds. The first kappa shape index (κ1) is 18.1. The molecule has 2 N–H and O–H groups in total. The minimum absolute atomic E-state index is 0.0133. The van der Waals surface area contributed by atoms with Crippen LogP contribution in [-0.2, 0) is 6.42 Å². The highest BCUT2D eigenvalue weighted by Gasteiger charge is 2.18. The van der Waals surface area contributed by atoms with Crippen molar-refractivity contribution in [2.24, 2.45) is 0 Å². The van der Waals surface area contributed by atoms with E-state index in [0.717, 1.165) is 22.4 Å². The first-order chi connectivity index (χ1) is 13.5. The summed E-state index contributed by atoms with van der Waals surface area (Å²) in [5.41, 5.74) is 3.82. The maximum absolute atomic E-state index is 11.6. The van der Waals surface area contributed by atoms with E-state index in [4.69, 9.17) is 16.3 Å². The molecule has 3 aromatic carbocycles. The van der Waals surface area contributed by atoms with Crippen LogP contribution in [0.2, 0.25) is 5.02 Å². The van der Waals surface area contributed by atoms with E-state index >= 15 is 0 Å². The fourth-order valence-corrected chi connectivity index (χ4v) is 3.64. The summed E-state index contributed by atoms with van der Waals surface area (Å²) in [6.45, 7) is 0.567. The quantitative estimate of drug-likeness (QED) is 0.623. The van der Waals surface area contributed by atoms with Crippen molar-refractivity contribution in [2.45, 2.75) is 6.42 Å². The zero-order valence-electron chi connectivity index (χ0n) is 14.9. The molecule has 28 heavy (non-hydrogen) atoms. The van der Waals surface area contributed by atoms with Crippen molar-refractivity contribution in [1.82, 2.24) is 0 Å². The average Bonchev–Trinajstić information content (AvgIpc) is 2.67. The fraction of sp³-hybridized carbons (Fsp3) is 0.0870. The second-order valence-electron chi connectivity index (χ2n) is 6.58. The van der Waals surface area contributed by atoms with Crippen LogP contribution in [-0.4, -0.2) is 22.8 Å². The van der Waals surface area contributed by atoms with Crippen molar-refractivity contribution in [2.75, 3.05) is 6.61 Å². The van der Waals surface area contributed by atoms with Gasteiger partial charge in [0.05, 0.1) is 10.6 Å². The zero-order chi connectivity index (χ0) is 19.7. The topological polar surface area (TPSA) is 66.8 Å². The highest BCUT2D eigenvalue weighted by atomic mass is 35.5. The predicted octanol–water partition coefficient (Wildman–Crippen LogP) is 5.41. The van der Waals surface area contributed by atoms with E-state index in [0.29, 0.717) is 24.2 Å². The highest BCUT2D eigenvalue weighted by Crippen LogP contribution is 2.36. The number of phenolic OH excluding ortho intramolecular Hbond substituents is 1. The maximum Gasteiger partial charge on any atom is 0.337 e. The third kappa shape index (κ3) is 3.47. The van der Waals surface area contributed by atoms with Crippen LogP contribution in [0.25, 0.3) is 17.2 Å². The molecule has 0 spiro atoms. The van der Waals surface area contributed by atoms with E-state index < -0.39 is 5.97 Å². The number of hydrogen-bond donors (Lipinski definition) is 2. The Morgan fingerprint density at radius 1 is 1.04 bits per heavy atom. The zero-order valence-corrected chi connectivity index (χ0v) is 15.6. The molecule has 0 aromatic heterocycles. The second kappa shape index (κ2) is 7.41. The summed E-state index contributed by atoms with van der Waals surface area (Å²) in [4.78, 5) is 11.6. The minimum atomic E-state index is -1.13. The van der Waals surface area contributed by atoms with Gasteiger partial charge in [0.2, 0.25) is 0 Å². The number of carboxylic acid groups (broad SMARTS) is 1. The number of rotatable bonds is 4. The number of aromatic carboxylic acids is 1. The number of benzene rings is 3. The summed E-state index contributed by atoms with van der Waals surface area (Å²) < 4.78 is 5.64. The molecular formula is C23H17ClO4. The van der Waals surface area contributed by atoms with Crippen LogP contribution in [0.1, 0.15) is 27.0 Å². The first-order valence-electron chi connectivity index (χ1n) is 8.79. The smallest absolute Gasteiger partial charge is 0.337 e. The number of fused-ring (bicyclic) bond motifs is 1. The van der Waals surface area contributed by atoms with E-state index in [1.54, 1.807) is 24.3 Å². The van der Waals surface area contributed by atoms with Crippen LogP contribution in [0.5, 0.6) is 11.5 Å². The molecule has 4 nitrogen and oxygen atoms in total. The van der Waals surface area contributed by atoms with Gasteiger partial charge >= 0.3 is 5.97 Å². The van der Waals surface area contributed by atoms with Gasteiger partial charge in [0.25, 0.3) is 0 Å². The van der Waals surface area contributed by atoms with Crippen LogP contribution in [0.15, 0.2) is 60.7 Å². The van der Waals surface area contributed by atoms with Gasteiger partial charge in [-0.1, -0.05) is 54.1 Å². The van der Waals surface area contributed by atoms with Gasteiger partial charge in [-0.25, -0.2) is 4.79 Å². The summed E-state index contributed by atoms with van der Waals surface area (Å²) in [7, 11) is 0. The maximum atomic E-state index is 11.6. The predicted molar refractivity (Wildman–Crippen MR) is 109 cm³/mol. The number of hydrogen-bond acceptors (Lipinski definition) is 3. The molecule has 140 valence electrons. The largest absolute Gasteiger partial charge is 0.507 e. The molecule has 0 atom stereocenters. The Labute approximate surface area is 167 Å². The lowest BCUT2D eigenvalue weighted by molar-refractivity contribution is 0.0698. The Hall–Kier alpha value is -3.24. The van der Waals surface area contributed by atoms with Gasteiger partial charge in [0.15, 0.2) is 0 Å². The van der Waals surface area contributed by atoms with Gasteiger partial charge in [0.1, 0.15) is 18.1 Å². The SMILES string of the molecule is O=C(O)c1c(Cl)cccc1-c1ccc(Cc2ccc3c(c2)OCC=C3)cc1O. The summed E-state index contributed by atoms with van der Waals surface area (Å²) in [5, 5.41) is 20.1. The van der Waals surface area contributed by atoms with Crippen LogP contribution in [0.3, 0.4) is 0 Å². The molecule has 0 radical (unpaired) electrons. The van der Waals surface area contributed by atoms with Crippen LogP contribution in [0, 0.1) is 0 Å². The van der Waals surface area contributed by atoms with Gasteiger partial charge in [-0.15, -0.1) is 0 Å². The van der Waals surface area contributed by atoms with E-state index in [2.05, 4.69) is 0 Å². The molecule has 0 aliphatic carbocycles. The summed E-state index contributed by atoms with van der Waals surface area (Å²) in [6, 6.07) is 16.1. The molecule has 0 unspecified atom stereocenters. The van der Waals surface area contributed by atoms with E-state index in [1.807, 2.05) is 36.4 Å². The van der Waals surface area contributed by atoms with E-state index in [-0.39, 0.29) is 16.3 Å². The average molecular weight is 393 g/mol. The summed E-state index contributed by atoms with van der Waals surface area (Å²) >= 11 is 6.04. The second-order valence-corrected chi connectivity index (χ2v) is 6.99. The summed E-state index contributed by atoms with van der Waals surface area (Å²) in [5.74, 6) is -0.266. The van der Waals surface area contributed by atoms with Gasteiger partial charge in [0, 0.05) is 16.7 Å². The lowest BCUT2D eigenvalue weighted by Crippen LogP contribution is -2.01. The monoisotopic (exact) mass is 392 g/mol. The molecule has 0 bridgehead atoms. The fourth-order valence-electron chi connectivity index (χ4n) is 3.38. The number of phenols is 1. The Bertz CT molecular complexity index is 1100. The Balaban J connectivity index is 1.65. The van der Waals surface area contributed by atoms with Crippen molar-refractivity contribution in [3.05, 3.63) is 87.9 Å². The van der Waals surface area contributed by atoms with Crippen molar-refractivity contribution >= 4 is 23.6 Å². The minimum Gasteiger partial charge on any atom is -0.507 e. The van der Waals surface area contributed by atoms with Crippen LogP contribution >= 0.6 is 11.6 Å². The Kier molecular flexibility index (Phi) is 4.80. The molecule has 4 rings (SSSR count). The molecule has 1 aliphatic rings. The lowest BCUT2D eigenvalue weighted by atomic mass is 9.95. The normalized spacial score (nSPS) is 12.3.